The first-order valence-corrected chi connectivity index (χ1v) is 4.04. The monoisotopic (exact) mass is 208 g/mol. The molecule has 1 radical (unpaired) electrons. The zero-order valence-corrected chi connectivity index (χ0v) is 9.27. The normalized spacial score (nSPS) is 13.2. The summed E-state index contributed by atoms with van der Waals surface area (Å²) in [4.78, 5) is 26.1. The van der Waals surface area contributed by atoms with E-state index in [9.17, 15) is 9.36 Å². The Morgan fingerprint density at radius 2 is 2.00 bits per heavy atom. The number of aliphatic carboxylic acids is 1. The zero-order valence-electron chi connectivity index (χ0n) is 6.38. The predicted octanol–water partition coefficient (Wildman–Crippen LogP) is -1.87. The van der Waals surface area contributed by atoms with Gasteiger partial charge in [0, 0.05) is 29.6 Å². The van der Waals surface area contributed by atoms with Crippen molar-refractivity contribution in [3.63, 3.8) is 0 Å². The van der Waals surface area contributed by atoms with Gasteiger partial charge in [0.15, 0.2) is 0 Å². The average molecular weight is 208 g/mol. The molecule has 0 amide bonds. The maximum Gasteiger partial charge on any atom is 0.469 e. The molecule has 7 nitrogen and oxygen atoms in total. The number of phosphoric ester groups is 1. The van der Waals surface area contributed by atoms with E-state index in [0.29, 0.717) is 0 Å². The predicted molar refractivity (Wildman–Crippen MR) is 39.4 cm³/mol. The molecule has 0 spiro atoms. The fourth-order valence-corrected chi connectivity index (χ4v) is 0.603. The van der Waals surface area contributed by atoms with Crippen LogP contribution in [0.2, 0.25) is 0 Å². The zero-order chi connectivity index (χ0) is 9.07. The van der Waals surface area contributed by atoms with Crippen molar-refractivity contribution < 1.29 is 28.8 Å². The minimum Gasteiger partial charge on any atom is -0.480 e. The Morgan fingerprint density at radius 3 is 2.25 bits per heavy atom. The molecule has 0 aromatic heterocycles. The van der Waals surface area contributed by atoms with Gasteiger partial charge in [-0.05, 0) is 0 Å². The second kappa shape index (κ2) is 6.06. The molecule has 0 bridgehead atoms. The molecule has 0 saturated heterocycles. The number of rotatable bonds is 4. The fraction of sp³-hybridized carbons (Fsp3) is 0.667. The molecule has 0 rings (SSSR count). The van der Waals surface area contributed by atoms with Crippen molar-refractivity contribution in [1.29, 1.82) is 0 Å². The van der Waals surface area contributed by atoms with Gasteiger partial charge in [-0.25, -0.2) is 4.57 Å². The summed E-state index contributed by atoms with van der Waals surface area (Å²) in [5.41, 5.74) is 4.86. The van der Waals surface area contributed by atoms with Gasteiger partial charge in [-0.2, -0.15) is 0 Å². The van der Waals surface area contributed by atoms with Crippen LogP contribution in [0.1, 0.15) is 0 Å². The van der Waals surface area contributed by atoms with Gasteiger partial charge in [0.05, 0.1) is 6.61 Å². The van der Waals surface area contributed by atoms with Crippen molar-refractivity contribution in [2.24, 2.45) is 5.73 Å². The first-order chi connectivity index (χ1) is 4.83. The Labute approximate surface area is 90.4 Å². The van der Waals surface area contributed by atoms with Crippen LogP contribution < -0.4 is 5.73 Å². The summed E-state index contributed by atoms with van der Waals surface area (Å²) >= 11 is 0. The van der Waals surface area contributed by atoms with Crippen LogP contribution in [0.4, 0.5) is 0 Å². The maximum atomic E-state index is 9.98. The molecule has 0 aromatic carbocycles. The molecule has 9 heteroatoms. The Balaban J connectivity index is 0. The van der Waals surface area contributed by atoms with Gasteiger partial charge >= 0.3 is 13.8 Å². The van der Waals surface area contributed by atoms with Gasteiger partial charge in [0.2, 0.25) is 0 Å². The van der Waals surface area contributed by atoms with Gasteiger partial charge < -0.3 is 20.6 Å². The van der Waals surface area contributed by atoms with E-state index in [1.54, 1.807) is 0 Å². The third-order valence-corrected chi connectivity index (χ3v) is 1.22. The summed E-state index contributed by atoms with van der Waals surface area (Å²) in [5.74, 6) is -1.38. The summed E-state index contributed by atoms with van der Waals surface area (Å²) in [6.45, 7) is -0.709. The van der Waals surface area contributed by atoms with E-state index >= 15 is 0 Å². The molecule has 0 unspecified atom stereocenters. The largest absolute Gasteiger partial charge is 0.480 e. The van der Waals surface area contributed by atoms with Crippen LogP contribution in [-0.2, 0) is 13.9 Å². The van der Waals surface area contributed by atoms with Crippen LogP contribution in [0.25, 0.3) is 0 Å². The fourth-order valence-electron chi connectivity index (χ4n) is 0.249. The van der Waals surface area contributed by atoms with Crippen molar-refractivity contribution in [3.05, 3.63) is 0 Å². The van der Waals surface area contributed by atoms with Crippen molar-refractivity contribution >= 4 is 43.3 Å². The van der Waals surface area contributed by atoms with Crippen molar-refractivity contribution in [2.45, 2.75) is 6.04 Å². The van der Waals surface area contributed by atoms with Crippen LogP contribution in [0.5, 0.6) is 0 Å². The number of carboxylic acids is 1. The molecular weight excluding hydrogens is 200 g/mol. The van der Waals surface area contributed by atoms with Gasteiger partial charge in [0.1, 0.15) is 6.04 Å². The Kier molecular flexibility index (Phi) is 7.60. The minimum absolute atomic E-state index is 0. The maximum absolute atomic E-state index is 9.98. The standard InChI is InChI=1S/C3H8NO6P.Na/c4-2(3(5)6)1-10-11(7,8)9;/h2H,1,4H2,(H,5,6)(H2,7,8,9);/t2-;/m0./s1. The third kappa shape index (κ3) is 8.63. The summed E-state index contributed by atoms with van der Waals surface area (Å²) < 4.78 is 13.8. The van der Waals surface area contributed by atoms with E-state index in [1.165, 1.54) is 0 Å². The summed E-state index contributed by atoms with van der Waals surface area (Å²) in [6, 6.07) is -1.41. The van der Waals surface area contributed by atoms with Gasteiger partial charge in [-0.1, -0.05) is 0 Å². The Bertz CT molecular complexity index is 191. The Morgan fingerprint density at radius 1 is 1.58 bits per heavy atom. The molecule has 0 aliphatic heterocycles. The number of hydrogen-bond acceptors (Lipinski definition) is 4. The second-order valence-corrected chi connectivity index (χ2v) is 2.97. The van der Waals surface area contributed by atoms with Crippen molar-refractivity contribution in [3.8, 4) is 0 Å². The summed E-state index contributed by atoms with van der Waals surface area (Å²) in [7, 11) is -4.60. The first-order valence-electron chi connectivity index (χ1n) is 2.51. The number of phosphoric acid groups is 1. The SMILES string of the molecule is N[C@@H](COP(=O)(O)O)C(=O)O.[Na]. The van der Waals surface area contributed by atoms with Crippen LogP contribution in [0, 0.1) is 0 Å². The van der Waals surface area contributed by atoms with Crippen LogP contribution >= 0.6 is 7.82 Å². The average Bonchev–Trinajstić information content (AvgIpc) is 1.80. The van der Waals surface area contributed by atoms with E-state index in [-0.39, 0.29) is 29.6 Å². The van der Waals surface area contributed by atoms with Crippen LogP contribution in [0.3, 0.4) is 0 Å². The van der Waals surface area contributed by atoms with Gasteiger partial charge in [-0.3, -0.25) is 9.32 Å². The molecule has 67 valence electrons. The van der Waals surface area contributed by atoms with E-state index in [1.807, 2.05) is 0 Å². The molecular formula is C3H8NNaO6P. The number of carbonyl (C=O) groups is 1. The van der Waals surface area contributed by atoms with E-state index in [4.69, 9.17) is 20.6 Å². The quantitative estimate of drug-likeness (QED) is 0.314. The van der Waals surface area contributed by atoms with Crippen molar-refractivity contribution in [1.82, 2.24) is 0 Å². The van der Waals surface area contributed by atoms with E-state index < -0.39 is 26.4 Å². The number of carboxylic acid groups (broad SMARTS) is 1. The topological polar surface area (TPSA) is 130 Å². The summed E-state index contributed by atoms with van der Waals surface area (Å²) in [6.07, 6.45) is 0. The molecule has 5 N–H and O–H groups in total. The molecule has 0 heterocycles. The first kappa shape index (κ1) is 15.0. The molecule has 0 fully saturated rings. The van der Waals surface area contributed by atoms with Crippen LogP contribution in [-0.4, -0.2) is 63.1 Å². The molecule has 0 aliphatic carbocycles. The van der Waals surface area contributed by atoms with E-state index in [2.05, 4.69) is 4.52 Å². The molecule has 1 atom stereocenters. The molecule has 0 saturated carbocycles. The van der Waals surface area contributed by atoms with Crippen LogP contribution in [0.15, 0.2) is 0 Å². The summed E-state index contributed by atoms with van der Waals surface area (Å²) in [5, 5.41) is 8.12. The van der Waals surface area contributed by atoms with Gasteiger partial charge in [0.25, 0.3) is 0 Å². The number of hydrogen-bond donors (Lipinski definition) is 4. The third-order valence-electron chi connectivity index (χ3n) is 0.739. The van der Waals surface area contributed by atoms with Crippen molar-refractivity contribution in [2.75, 3.05) is 6.61 Å². The smallest absolute Gasteiger partial charge is 0.469 e. The second-order valence-electron chi connectivity index (χ2n) is 1.73. The Hall–Kier alpha value is 0.540. The van der Waals surface area contributed by atoms with E-state index in [0.717, 1.165) is 0 Å². The minimum atomic E-state index is -4.60. The molecule has 12 heavy (non-hydrogen) atoms. The number of nitrogens with two attached hydrogens (primary N) is 1. The molecule has 0 aliphatic rings. The van der Waals surface area contributed by atoms with Gasteiger partial charge in [-0.15, -0.1) is 0 Å². The molecule has 0 aromatic rings.